The minimum atomic E-state index is -0.543. The number of rotatable bonds is 2. The molecule has 1 aliphatic rings. The molecule has 3 rings (SSSR count). The first-order valence-corrected chi connectivity index (χ1v) is 16.9. The standard InChI is InChI=1S/C12H18O.C9H8.3CH3.Zr/c1-8(2)10-6-5-7-11(9(3)4)12(10)13;1-2-5-9-7-3-6-8(9)4-1;;;;/h5-9,13H,1-4H3;1-6H,7H2;3*1H3;. The number of hydrogen-bond donors (Lipinski definition) is 1. The number of para-hydroxylation sites is 1. The van der Waals surface area contributed by atoms with Gasteiger partial charge in [-0.1, -0.05) is 82.3 Å². The second kappa shape index (κ2) is 11.5. The fourth-order valence-corrected chi connectivity index (χ4v) is 2.71. The molecule has 0 unspecified atom stereocenters. The summed E-state index contributed by atoms with van der Waals surface area (Å²) < 4.78 is 7.09. The Morgan fingerprint density at radius 3 is 1.77 bits per heavy atom. The summed E-state index contributed by atoms with van der Waals surface area (Å²) in [6, 6.07) is 14.5. The average Bonchev–Trinajstić information content (AvgIpc) is 3.03. The third-order valence-corrected chi connectivity index (χ3v) is 4.03. The van der Waals surface area contributed by atoms with Gasteiger partial charge in [0.05, 0.1) is 0 Å². The molecule has 26 heavy (non-hydrogen) atoms. The van der Waals surface area contributed by atoms with Gasteiger partial charge < -0.3 is 5.11 Å². The normalized spacial score (nSPS) is 11.4. The molecule has 0 bridgehead atoms. The molecular weight excluding hydrogens is 395 g/mol. The molecule has 0 atom stereocenters. The fraction of sp³-hybridized carbons (Fsp3) is 0.417. The van der Waals surface area contributed by atoms with Crippen molar-refractivity contribution in [1.82, 2.24) is 0 Å². The second-order valence-electron chi connectivity index (χ2n) is 7.90. The maximum absolute atomic E-state index is 9.93. The van der Waals surface area contributed by atoms with Crippen LogP contribution in [-0.4, -0.2) is 5.11 Å². The Morgan fingerprint density at radius 1 is 0.808 bits per heavy atom. The van der Waals surface area contributed by atoms with E-state index in [2.05, 4.69) is 78.0 Å². The Balaban J connectivity index is 0.000000224. The van der Waals surface area contributed by atoms with Crippen LogP contribution in [-0.2, 0) is 28.2 Å². The number of benzene rings is 2. The van der Waals surface area contributed by atoms with E-state index in [1.165, 1.54) is 11.1 Å². The SMILES string of the molecule is C1=Cc2ccccc2C1.CC(C)c1cccc(C(C)C)c1O.[CH3][Zr]([CH3])[CH3]. The molecule has 0 spiro atoms. The van der Waals surface area contributed by atoms with Crippen molar-refractivity contribution >= 4 is 6.08 Å². The Bertz CT molecular complexity index is 670. The van der Waals surface area contributed by atoms with Crippen LogP contribution in [0.2, 0.25) is 13.9 Å². The van der Waals surface area contributed by atoms with Gasteiger partial charge in [0.25, 0.3) is 0 Å². The van der Waals surface area contributed by atoms with E-state index >= 15 is 0 Å². The van der Waals surface area contributed by atoms with E-state index in [4.69, 9.17) is 0 Å². The number of fused-ring (bicyclic) bond motifs is 1. The Hall–Kier alpha value is -1.14. The first kappa shape index (κ1) is 22.9. The Labute approximate surface area is 168 Å². The van der Waals surface area contributed by atoms with Gasteiger partial charge in [-0.3, -0.25) is 0 Å². The predicted octanol–water partition coefficient (Wildman–Crippen LogP) is 7.64. The molecule has 2 heteroatoms. The van der Waals surface area contributed by atoms with Crippen LogP contribution in [0.4, 0.5) is 0 Å². The van der Waals surface area contributed by atoms with E-state index < -0.39 is 21.8 Å². The monoisotopic (exact) mass is 429 g/mol. The van der Waals surface area contributed by atoms with Crippen LogP contribution < -0.4 is 0 Å². The van der Waals surface area contributed by atoms with Gasteiger partial charge >= 0.3 is 35.6 Å². The van der Waals surface area contributed by atoms with Crippen LogP contribution in [0, 0.1) is 0 Å². The van der Waals surface area contributed by atoms with Gasteiger partial charge in [-0.05, 0) is 40.5 Å². The molecule has 1 N–H and O–H groups in total. The molecule has 2 aromatic rings. The molecule has 0 saturated carbocycles. The van der Waals surface area contributed by atoms with Gasteiger partial charge in [0.15, 0.2) is 0 Å². The molecule has 0 amide bonds. The third kappa shape index (κ3) is 7.62. The number of hydrogen-bond acceptors (Lipinski definition) is 1. The zero-order valence-corrected chi connectivity index (χ0v) is 20.0. The summed E-state index contributed by atoms with van der Waals surface area (Å²) in [5.74, 6) is 1.25. The van der Waals surface area contributed by atoms with Crippen molar-refractivity contribution in [3.05, 3.63) is 70.8 Å². The summed E-state index contributed by atoms with van der Waals surface area (Å²) in [5, 5.41) is 9.93. The van der Waals surface area contributed by atoms with Crippen molar-refractivity contribution in [2.45, 2.75) is 59.8 Å². The molecule has 2 aromatic carbocycles. The van der Waals surface area contributed by atoms with Gasteiger partial charge in [0, 0.05) is 0 Å². The van der Waals surface area contributed by atoms with Gasteiger partial charge in [-0.2, -0.15) is 0 Å². The summed E-state index contributed by atoms with van der Waals surface area (Å²) in [4.78, 5) is 0. The molecule has 0 radical (unpaired) electrons. The summed E-state index contributed by atoms with van der Waals surface area (Å²) in [6.45, 7) is 8.39. The summed E-state index contributed by atoms with van der Waals surface area (Å²) >= 11 is -0.543. The molecule has 0 heterocycles. The van der Waals surface area contributed by atoms with Crippen molar-refractivity contribution in [2.24, 2.45) is 0 Å². The molecule has 141 valence electrons. The van der Waals surface area contributed by atoms with Gasteiger partial charge in [-0.25, -0.2) is 0 Å². The zero-order valence-electron chi connectivity index (χ0n) is 17.5. The van der Waals surface area contributed by atoms with Gasteiger partial charge in [0.1, 0.15) is 5.75 Å². The van der Waals surface area contributed by atoms with Crippen molar-refractivity contribution in [2.75, 3.05) is 0 Å². The van der Waals surface area contributed by atoms with Crippen LogP contribution in [0.15, 0.2) is 48.5 Å². The van der Waals surface area contributed by atoms with Crippen LogP contribution >= 0.6 is 0 Å². The summed E-state index contributed by atoms with van der Waals surface area (Å²) in [6.07, 6.45) is 5.50. The van der Waals surface area contributed by atoms with E-state index in [0.717, 1.165) is 17.5 Å². The van der Waals surface area contributed by atoms with Crippen molar-refractivity contribution in [3.8, 4) is 5.75 Å². The van der Waals surface area contributed by atoms with E-state index in [-0.39, 0.29) is 0 Å². The van der Waals surface area contributed by atoms with E-state index in [0.29, 0.717) is 17.6 Å². The maximum atomic E-state index is 9.93. The van der Waals surface area contributed by atoms with Gasteiger partial charge in [0.2, 0.25) is 0 Å². The molecular formula is C24H35OZr. The number of aromatic hydroxyl groups is 1. The van der Waals surface area contributed by atoms with Gasteiger partial charge in [-0.15, -0.1) is 0 Å². The molecule has 1 aliphatic carbocycles. The third-order valence-electron chi connectivity index (χ3n) is 4.03. The van der Waals surface area contributed by atoms with Crippen molar-refractivity contribution in [3.63, 3.8) is 0 Å². The van der Waals surface area contributed by atoms with Crippen LogP contribution in [0.25, 0.3) is 6.08 Å². The summed E-state index contributed by atoms with van der Waals surface area (Å²) in [7, 11) is 0. The van der Waals surface area contributed by atoms with E-state index in [1.807, 2.05) is 18.2 Å². The molecule has 0 aliphatic heterocycles. The number of phenols is 1. The van der Waals surface area contributed by atoms with E-state index in [1.54, 1.807) is 0 Å². The summed E-state index contributed by atoms with van der Waals surface area (Å²) in [5.41, 5.74) is 4.94. The second-order valence-corrected chi connectivity index (χ2v) is 15.3. The van der Waals surface area contributed by atoms with Crippen LogP contribution in [0.5, 0.6) is 5.75 Å². The predicted molar refractivity (Wildman–Crippen MR) is 113 cm³/mol. The molecule has 1 nitrogen and oxygen atoms in total. The van der Waals surface area contributed by atoms with E-state index in [9.17, 15) is 5.11 Å². The molecule has 0 saturated heterocycles. The molecule has 0 fully saturated rings. The zero-order chi connectivity index (χ0) is 19.7. The first-order valence-electron chi connectivity index (χ1n) is 9.57. The topological polar surface area (TPSA) is 20.2 Å². The fourth-order valence-electron chi connectivity index (χ4n) is 2.71. The van der Waals surface area contributed by atoms with Crippen molar-refractivity contribution < 1.29 is 26.9 Å². The van der Waals surface area contributed by atoms with Crippen LogP contribution in [0.3, 0.4) is 0 Å². The Kier molecular flexibility index (Phi) is 10.2. The average molecular weight is 431 g/mol. The Morgan fingerprint density at radius 2 is 1.31 bits per heavy atom. The minimum absolute atomic E-state index is 0.388. The number of allylic oxidation sites excluding steroid dienone is 1. The number of phenolic OH excluding ortho intramolecular Hbond substituents is 1. The van der Waals surface area contributed by atoms with Crippen LogP contribution in [0.1, 0.15) is 61.8 Å². The molecule has 0 aromatic heterocycles. The quantitative estimate of drug-likeness (QED) is 0.519. The first-order chi connectivity index (χ1) is 12.2. The van der Waals surface area contributed by atoms with Crippen molar-refractivity contribution in [1.29, 1.82) is 0 Å².